The molecule has 0 aromatic heterocycles. The summed E-state index contributed by atoms with van der Waals surface area (Å²) in [7, 11) is 0. The SMILES string of the molecule is CCOC(=O)[C@H]1[C@@H]([N+](=O)[O-])[C@H](c2ccc(OCc3ccccc3)cc2)C(C)=CN1c1ccccc1. The minimum atomic E-state index is -1.23. The van der Waals surface area contributed by atoms with Crippen LogP contribution in [-0.4, -0.2) is 29.6 Å². The molecular formula is C28H28N2O5. The van der Waals surface area contributed by atoms with Crippen molar-refractivity contribution < 1.29 is 19.2 Å². The molecule has 1 aliphatic rings. The van der Waals surface area contributed by atoms with E-state index >= 15 is 0 Å². The Morgan fingerprint density at radius 3 is 2.20 bits per heavy atom. The van der Waals surface area contributed by atoms with Crippen LogP contribution in [0, 0.1) is 10.1 Å². The number of para-hydroxylation sites is 1. The highest BCUT2D eigenvalue weighted by Gasteiger charge is 2.51. The second-order valence-corrected chi connectivity index (χ2v) is 8.41. The summed E-state index contributed by atoms with van der Waals surface area (Å²) in [6.45, 7) is 4.13. The molecule has 0 bridgehead atoms. The van der Waals surface area contributed by atoms with Crippen molar-refractivity contribution in [2.75, 3.05) is 11.5 Å². The topological polar surface area (TPSA) is 81.9 Å². The summed E-state index contributed by atoms with van der Waals surface area (Å²) in [6.07, 6.45) is 1.82. The van der Waals surface area contributed by atoms with E-state index in [0.29, 0.717) is 18.0 Å². The molecule has 0 spiro atoms. The van der Waals surface area contributed by atoms with Crippen molar-refractivity contribution in [3.63, 3.8) is 0 Å². The van der Waals surface area contributed by atoms with Gasteiger partial charge in [-0.1, -0.05) is 60.7 Å². The average molecular weight is 473 g/mol. The van der Waals surface area contributed by atoms with Gasteiger partial charge in [-0.15, -0.1) is 0 Å². The first-order chi connectivity index (χ1) is 17.0. The van der Waals surface area contributed by atoms with Crippen molar-refractivity contribution in [2.24, 2.45) is 0 Å². The molecule has 4 rings (SSSR count). The van der Waals surface area contributed by atoms with Gasteiger partial charge in [0.05, 0.1) is 12.5 Å². The molecule has 0 amide bonds. The zero-order valence-electron chi connectivity index (χ0n) is 19.7. The van der Waals surface area contributed by atoms with Crippen molar-refractivity contribution in [3.05, 3.63) is 118 Å². The van der Waals surface area contributed by atoms with Gasteiger partial charge in [-0.3, -0.25) is 10.1 Å². The molecule has 3 aromatic rings. The highest BCUT2D eigenvalue weighted by atomic mass is 16.6. The standard InChI is InChI=1S/C28H28N2O5/c1-3-34-28(31)27-26(30(32)33)25(20(2)18-29(27)23-12-8-5-9-13-23)22-14-16-24(17-15-22)35-19-21-10-6-4-7-11-21/h4-18,25-27H,3,19H2,1-2H3/t25-,26-,27+/m0/s1. The molecule has 1 aliphatic heterocycles. The Balaban J connectivity index is 1.66. The number of anilines is 1. The molecule has 3 aromatic carbocycles. The zero-order chi connectivity index (χ0) is 24.8. The van der Waals surface area contributed by atoms with Gasteiger partial charge in [-0.2, -0.15) is 0 Å². The van der Waals surface area contributed by atoms with Crippen LogP contribution in [0.3, 0.4) is 0 Å². The van der Waals surface area contributed by atoms with E-state index in [2.05, 4.69) is 0 Å². The lowest BCUT2D eigenvalue weighted by molar-refractivity contribution is -0.527. The number of nitrogens with zero attached hydrogens (tertiary/aromatic N) is 2. The second-order valence-electron chi connectivity index (χ2n) is 8.41. The molecule has 7 nitrogen and oxygen atoms in total. The van der Waals surface area contributed by atoms with Crippen LogP contribution in [0.4, 0.5) is 5.69 Å². The summed E-state index contributed by atoms with van der Waals surface area (Å²) in [5.41, 5.74) is 3.28. The Labute approximate surface area is 204 Å². The molecule has 0 saturated carbocycles. The molecule has 35 heavy (non-hydrogen) atoms. The smallest absolute Gasteiger partial charge is 0.336 e. The largest absolute Gasteiger partial charge is 0.489 e. The highest BCUT2D eigenvalue weighted by Crippen LogP contribution is 2.39. The van der Waals surface area contributed by atoms with E-state index in [1.54, 1.807) is 11.8 Å². The summed E-state index contributed by atoms with van der Waals surface area (Å²) >= 11 is 0. The van der Waals surface area contributed by atoms with Crippen LogP contribution in [0.5, 0.6) is 5.75 Å². The van der Waals surface area contributed by atoms with E-state index in [-0.39, 0.29) is 11.5 Å². The molecule has 7 heteroatoms. The van der Waals surface area contributed by atoms with Crippen LogP contribution >= 0.6 is 0 Å². The van der Waals surface area contributed by atoms with E-state index in [4.69, 9.17) is 9.47 Å². The van der Waals surface area contributed by atoms with E-state index in [1.807, 2.05) is 98.1 Å². The van der Waals surface area contributed by atoms with Crippen molar-refractivity contribution in [1.82, 2.24) is 0 Å². The minimum Gasteiger partial charge on any atom is -0.489 e. The van der Waals surface area contributed by atoms with Crippen LogP contribution < -0.4 is 9.64 Å². The second kappa shape index (κ2) is 10.9. The van der Waals surface area contributed by atoms with Crippen LogP contribution in [0.1, 0.15) is 30.9 Å². The van der Waals surface area contributed by atoms with E-state index < -0.39 is 24.0 Å². The van der Waals surface area contributed by atoms with Gasteiger partial charge in [0, 0.05) is 16.8 Å². The maximum atomic E-state index is 13.0. The normalized spacial score (nSPS) is 19.5. The van der Waals surface area contributed by atoms with Crippen molar-refractivity contribution in [2.45, 2.75) is 38.5 Å². The Morgan fingerprint density at radius 2 is 1.60 bits per heavy atom. The Bertz CT molecular complexity index is 1180. The van der Waals surface area contributed by atoms with Gasteiger partial charge in [0.2, 0.25) is 0 Å². The lowest BCUT2D eigenvalue weighted by atomic mass is 9.79. The fourth-order valence-electron chi connectivity index (χ4n) is 4.52. The minimum absolute atomic E-state index is 0.142. The number of benzene rings is 3. The number of ether oxygens (including phenoxy) is 2. The molecule has 0 radical (unpaired) electrons. The van der Waals surface area contributed by atoms with E-state index in [9.17, 15) is 14.9 Å². The quantitative estimate of drug-likeness (QED) is 0.250. The number of carbonyl (C=O) groups excluding carboxylic acids is 1. The summed E-state index contributed by atoms with van der Waals surface area (Å²) in [5, 5.41) is 12.4. The van der Waals surface area contributed by atoms with Crippen LogP contribution in [0.25, 0.3) is 0 Å². The molecule has 0 N–H and O–H groups in total. The fraction of sp³-hybridized carbons (Fsp3) is 0.250. The first-order valence-electron chi connectivity index (χ1n) is 11.6. The van der Waals surface area contributed by atoms with Gasteiger partial charge in [0.1, 0.15) is 12.4 Å². The molecule has 0 aliphatic carbocycles. The van der Waals surface area contributed by atoms with Crippen LogP contribution in [-0.2, 0) is 16.1 Å². The lowest BCUT2D eigenvalue weighted by Crippen LogP contribution is -2.56. The number of nitro groups is 1. The predicted octanol–water partition coefficient (Wildman–Crippen LogP) is 5.35. The third kappa shape index (κ3) is 5.35. The van der Waals surface area contributed by atoms with Crippen LogP contribution in [0.2, 0.25) is 0 Å². The molecule has 0 unspecified atom stereocenters. The van der Waals surface area contributed by atoms with Crippen molar-refractivity contribution in [3.8, 4) is 5.75 Å². The van der Waals surface area contributed by atoms with Gasteiger partial charge in [0.25, 0.3) is 6.04 Å². The van der Waals surface area contributed by atoms with E-state index in [0.717, 1.165) is 16.7 Å². The molecular weight excluding hydrogens is 444 g/mol. The predicted molar refractivity (Wildman–Crippen MR) is 134 cm³/mol. The van der Waals surface area contributed by atoms with Gasteiger partial charge < -0.3 is 14.4 Å². The van der Waals surface area contributed by atoms with Gasteiger partial charge >= 0.3 is 5.97 Å². The molecule has 0 fully saturated rings. The lowest BCUT2D eigenvalue weighted by Gasteiger charge is -2.39. The average Bonchev–Trinajstić information content (AvgIpc) is 2.88. The van der Waals surface area contributed by atoms with Crippen molar-refractivity contribution >= 4 is 11.7 Å². The molecule has 3 atom stereocenters. The first kappa shape index (κ1) is 24.0. The zero-order valence-corrected chi connectivity index (χ0v) is 19.7. The van der Waals surface area contributed by atoms with Gasteiger partial charge in [0.15, 0.2) is 6.04 Å². The molecule has 0 saturated heterocycles. The first-order valence-corrected chi connectivity index (χ1v) is 11.6. The fourth-order valence-corrected chi connectivity index (χ4v) is 4.52. The number of hydrogen-bond acceptors (Lipinski definition) is 6. The number of hydrogen-bond donors (Lipinski definition) is 0. The summed E-state index contributed by atoms with van der Waals surface area (Å²) in [6, 6.07) is 24.0. The molecule has 1 heterocycles. The van der Waals surface area contributed by atoms with E-state index in [1.165, 1.54) is 0 Å². The monoisotopic (exact) mass is 472 g/mol. The van der Waals surface area contributed by atoms with Crippen LogP contribution in [0.15, 0.2) is 96.7 Å². The maximum Gasteiger partial charge on any atom is 0.336 e. The number of rotatable bonds is 8. The van der Waals surface area contributed by atoms with Gasteiger partial charge in [-0.05, 0) is 54.8 Å². The molecule has 180 valence electrons. The number of carbonyl (C=O) groups is 1. The Morgan fingerprint density at radius 1 is 0.971 bits per heavy atom. The van der Waals surface area contributed by atoms with Gasteiger partial charge in [-0.25, -0.2) is 4.79 Å². The summed E-state index contributed by atoms with van der Waals surface area (Å²) in [5.74, 6) is -0.544. The third-order valence-electron chi connectivity index (χ3n) is 6.11. The maximum absolute atomic E-state index is 13.0. The Hall–Kier alpha value is -4.13. The summed E-state index contributed by atoms with van der Waals surface area (Å²) < 4.78 is 11.2. The summed E-state index contributed by atoms with van der Waals surface area (Å²) in [4.78, 5) is 26.8. The Kier molecular flexibility index (Phi) is 7.45. The highest BCUT2D eigenvalue weighted by molar-refractivity contribution is 5.83. The third-order valence-corrected chi connectivity index (χ3v) is 6.11. The van der Waals surface area contributed by atoms with Crippen molar-refractivity contribution in [1.29, 1.82) is 0 Å². The number of esters is 1.